The number of carboxylic acids is 1. The van der Waals surface area contributed by atoms with Gasteiger partial charge < -0.3 is 10.4 Å². The van der Waals surface area contributed by atoms with Crippen molar-refractivity contribution in [2.75, 3.05) is 16.8 Å². The number of anilines is 1. The molecule has 0 aromatic heterocycles. The standard InChI is InChI=1S/C13H17NO2S/c1-10-2-4-11(5-3-10)14-13(12(15)16)6-8-17-9-7-13/h2-5,14H,6-9H2,1H3,(H,15,16). The average molecular weight is 251 g/mol. The molecule has 0 atom stereocenters. The molecule has 0 spiro atoms. The topological polar surface area (TPSA) is 49.3 Å². The number of carboxylic acid groups (broad SMARTS) is 1. The van der Waals surface area contributed by atoms with Crippen LogP contribution in [0.3, 0.4) is 0 Å². The minimum absolute atomic E-state index is 0.681. The highest BCUT2D eigenvalue weighted by atomic mass is 32.2. The van der Waals surface area contributed by atoms with E-state index < -0.39 is 11.5 Å². The van der Waals surface area contributed by atoms with Crippen LogP contribution in [0, 0.1) is 6.92 Å². The van der Waals surface area contributed by atoms with Gasteiger partial charge in [0.05, 0.1) is 0 Å². The summed E-state index contributed by atoms with van der Waals surface area (Å²) in [6, 6.07) is 7.88. The van der Waals surface area contributed by atoms with Gasteiger partial charge in [-0.2, -0.15) is 11.8 Å². The third-order valence-corrected chi connectivity index (χ3v) is 4.18. The molecule has 1 aromatic rings. The second-order valence-electron chi connectivity index (χ2n) is 4.49. The lowest BCUT2D eigenvalue weighted by Crippen LogP contribution is -2.49. The van der Waals surface area contributed by atoms with E-state index >= 15 is 0 Å². The largest absolute Gasteiger partial charge is 0.480 e. The Morgan fingerprint density at radius 3 is 2.41 bits per heavy atom. The molecule has 3 nitrogen and oxygen atoms in total. The van der Waals surface area contributed by atoms with E-state index in [2.05, 4.69) is 5.32 Å². The van der Waals surface area contributed by atoms with Gasteiger partial charge in [0.2, 0.25) is 0 Å². The lowest BCUT2D eigenvalue weighted by atomic mass is 9.92. The fourth-order valence-corrected chi connectivity index (χ4v) is 3.22. The molecule has 0 saturated carbocycles. The van der Waals surface area contributed by atoms with E-state index in [1.165, 1.54) is 5.56 Å². The molecule has 4 heteroatoms. The van der Waals surface area contributed by atoms with Gasteiger partial charge in [-0.25, -0.2) is 4.79 Å². The van der Waals surface area contributed by atoms with Crippen molar-refractivity contribution in [1.29, 1.82) is 0 Å². The Kier molecular flexibility index (Phi) is 3.62. The molecule has 2 N–H and O–H groups in total. The van der Waals surface area contributed by atoms with Crippen molar-refractivity contribution in [3.8, 4) is 0 Å². The molecule has 0 amide bonds. The van der Waals surface area contributed by atoms with Gasteiger partial charge >= 0.3 is 5.97 Å². The van der Waals surface area contributed by atoms with Crippen molar-refractivity contribution in [1.82, 2.24) is 0 Å². The fraction of sp³-hybridized carbons (Fsp3) is 0.462. The van der Waals surface area contributed by atoms with Crippen LogP contribution in [0.1, 0.15) is 18.4 Å². The fourth-order valence-electron chi connectivity index (χ4n) is 2.03. The maximum atomic E-state index is 11.5. The third-order valence-electron chi connectivity index (χ3n) is 3.19. The summed E-state index contributed by atoms with van der Waals surface area (Å²) in [7, 11) is 0. The first-order chi connectivity index (χ1) is 8.12. The first-order valence-electron chi connectivity index (χ1n) is 5.78. The van der Waals surface area contributed by atoms with E-state index in [1.807, 2.05) is 43.0 Å². The normalized spacial score (nSPS) is 18.6. The predicted molar refractivity (Wildman–Crippen MR) is 71.7 cm³/mol. The first-order valence-corrected chi connectivity index (χ1v) is 6.94. The van der Waals surface area contributed by atoms with Gasteiger partial charge in [-0.05, 0) is 43.4 Å². The monoisotopic (exact) mass is 251 g/mol. The lowest BCUT2D eigenvalue weighted by Gasteiger charge is -2.34. The van der Waals surface area contributed by atoms with Crippen LogP contribution in [-0.4, -0.2) is 28.1 Å². The Bertz CT molecular complexity index is 396. The van der Waals surface area contributed by atoms with Crippen LogP contribution in [0.25, 0.3) is 0 Å². The van der Waals surface area contributed by atoms with Gasteiger partial charge in [0.1, 0.15) is 5.54 Å². The van der Waals surface area contributed by atoms with Crippen molar-refractivity contribution in [3.63, 3.8) is 0 Å². The molecule has 0 aliphatic carbocycles. The number of rotatable bonds is 3. The smallest absolute Gasteiger partial charge is 0.329 e. The Balaban J connectivity index is 2.17. The summed E-state index contributed by atoms with van der Waals surface area (Å²) < 4.78 is 0. The molecule has 0 unspecified atom stereocenters. The van der Waals surface area contributed by atoms with Gasteiger partial charge in [0.15, 0.2) is 0 Å². The minimum atomic E-state index is -0.777. The zero-order valence-corrected chi connectivity index (χ0v) is 10.7. The van der Waals surface area contributed by atoms with Gasteiger partial charge in [-0.15, -0.1) is 0 Å². The van der Waals surface area contributed by atoms with Crippen LogP contribution in [0.5, 0.6) is 0 Å². The summed E-state index contributed by atoms with van der Waals surface area (Å²) in [4.78, 5) is 11.5. The first kappa shape index (κ1) is 12.3. The Morgan fingerprint density at radius 2 is 1.88 bits per heavy atom. The average Bonchev–Trinajstić information content (AvgIpc) is 2.33. The van der Waals surface area contributed by atoms with Crippen LogP contribution < -0.4 is 5.32 Å². The number of aliphatic carboxylic acids is 1. The number of carbonyl (C=O) groups is 1. The van der Waals surface area contributed by atoms with Gasteiger partial charge in [-0.1, -0.05) is 17.7 Å². The summed E-state index contributed by atoms with van der Waals surface area (Å²) >= 11 is 1.82. The summed E-state index contributed by atoms with van der Waals surface area (Å²) in [6.07, 6.45) is 1.36. The molecule has 17 heavy (non-hydrogen) atoms. The summed E-state index contributed by atoms with van der Waals surface area (Å²) in [5.74, 6) is 1.08. The van der Waals surface area contributed by atoms with E-state index in [9.17, 15) is 9.90 Å². The number of nitrogens with one attached hydrogen (secondary N) is 1. The molecule has 2 rings (SSSR count). The summed E-state index contributed by atoms with van der Waals surface area (Å²) in [5, 5.41) is 12.6. The molecule has 1 aromatic carbocycles. The lowest BCUT2D eigenvalue weighted by molar-refractivity contribution is -0.142. The van der Waals surface area contributed by atoms with Crippen molar-refractivity contribution >= 4 is 23.4 Å². The van der Waals surface area contributed by atoms with Crippen LogP contribution in [0.2, 0.25) is 0 Å². The highest BCUT2D eigenvalue weighted by Crippen LogP contribution is 2.31. The Morgan fingerprint density at radius 1 is 1.29 bits per heavy atom. The number of aryl methyl sites for hydroxylation is 1. The van der Waals surface area contributed by atoms with Crippen LogP contribution in [0.15, 0.2) is 24.3 Å². The van der Waals surface area contributed by atoms with Gasteiger partial charge in [-0.3, -0.25) is 0 Å². The SMILES string of the molecule is Cc1ccc(NC2(C(=O)O)CCSCC2)cc1. The van der Waals surface area contributed by atoms with Gasteiger partial charge in [0.25, 0.3) is 0 Å². The molecule has 1 aliphatic heterocycles. The molecule has 1 fully saturated rings. The second kappa shape index (κ2) is 5.00. The van der Waals surface area contributed by atoms with Crippen LogP contribution in [-0.2, 0) is 4.79 Å². The van der Waals surface area contributed by atoms with Gasteiger partial charge in [0, 0.05) is 5.69 Å². The van der Waals surface area contributed by atoms with E-state index in [0.717, 1.165) is 17.2 Å². The zero-order chi connectivity index (χ0) is 12.3. The Labute approximate surface area is 106 Å². The number of benzene rings is 1. The maximum Gasteiger partial charge on any atom is 0.329 e. The van der Waals surface area contributed by atoms with Crippen LogP contribution >= 0.6 is 11.8 Å². The molecular weight excluding hydrogens is 234 g/mol. The molecular formula is C13H17NO2S. The van der Waals surface area contributed by atoms with Crippen molar-refractivity contribution in [2.24, 2.45) is 0 Å². The highest BCUT2D eigenvalue weighted by Gasteiger charge is 2.39. The third kappa shape index (κ3) is 2.75. The number of hydrogen-bond donors (Lipinski definition) is 2. The molecule has 0 radical (unpaired) electrons. The quantitative estimate of drug-likeness (QED) is 0.867. The number of thioether (sulfide) groups is 1. The van der Waals surface area contributed by atoms with Crippen LogP contribution in [0.4, 0.5) is 5.69 Å². The zero-order valence-electron chi connectivity index (χ0n) is 9.90. The second-order valence-corrected chi connectivity index (χ2v) is 5.72. The van der Waals surface area contributed by atoms with Crippen molar-refractivity contribution in [3.05, 3.63) is 29.8 Å². The maximum absolute atomic E-state index is 11.5. The van der Waals surface area contributed by atoms with E-state index in [-0.39, 0.29) is 0 Å². The predicted octanol–water partition coefficient (Wildman–Crippen LogP) is 2.76. The molecule has 1 heterocycles. The number of hydrogen-bond acceptors (Lipinski definition) is 3. The molecule has 1 saturated heterocycles. The molecule has 92 valence electrons. The summed E-state index contributed by atoms with van der Waals surface area (Å²) in [6.45, 7) is 2.02. The van der Waals surface area contributed by atoms with Crippen molar-refractivity contribution in [2.45, 2.75) is 25.3 Å². The minimum Gasteiger partial charge on any atom is -0.480 e. The van der Waals surface area contributed by atoms with E-state index in [4.69, 9.17) is 0 Å². The highest BCUT2D eigenvalue weighted by molar-refractivity contribution is 7.99. The van der Waals surface area contributed by atoms with Crippen molar-refractivity contribution < 1.29 is 9.90 Å². The van der Waals surface area contributed by atoms with E-state index in [1.54, 1.807) is 0 Å². The van der Waals surface area contributed by atoms with E-state index in [0.29, 0.717) is 12.8 Å². The molecule has 0 bridgehead atoms. The molecule has 1 aliphatic rings. The summed E-state index contributed by atoms with van der Waals surface area (Å²) in [5.41, 5.74) is 1.30. The Hall–Kier alpha value is -1.16.